The van der Waals surface area contributed by atoms with Crippen molar-refractivity contribution in [2.24, 2.45) is 11.8 Å². The molecule has 3 N–H and O–H groups in total. The maximum absolute atomic E-state index is 12.7. The van der Waals surface area contributed by atoms with Crippen molar-refractivity contribution in [3.63, 3.8) is 0 Å². The number of carbonyl (C=O) groups excluding carboxylic acids is 1. The van der Waals surface area contributed by atoms with Crippen molar-refractivity contribution in [3.05, 3.63) is 71.6 Å². The van der Waals surface area contributed by atoms with Crippen molar-refractivity contribution in [2.75, 3.05) is 18.4 Å². The van der Waals surface area contributed by atoms with Gasteiger partial charge in [0.25, 0.3) is 5.91 Å². The normalized spacial score (nSPS) is 17.7. The van der Waals surface area contributed by atoms with Crippen molar-refractivity contribution < 1.29 is 50.9 Å². The molecule has 3 aromatic rings. The predicted octanol–water partition coefficient (Wildman–Crippen LogP) is 3.80. The van der Waals surface area contributed by atoms with Crippen LogP contribution in [0.5, 0.6) is 0 Å². The van der Waals surface area contributed by atoms with Gasteiger partial charge in [0.15, 0.2) is 0 Å². The molecule has 2 aliphatic heterocycles. The Hall–Kier alpha value is -4.54. The van der Waals surface area contributed by atoms with E-state index in [-0.39, 0.29) is 5.91 Å². The van der Waals surface area contributed by atoms with Crippen LogP contribution in [0.2, 0.25) is 0 Å². The molecule has 0 aliphatic carbocycles. The summed E-state index contributed by atoms with van der Waals surface area (Å²) in [6.07, 6.45) is -9.30. The topological polar surface area (TPSA) is 151 Å². The quantitative estimate of drug-likeness (QED) is 0.372. The molecule has 1 aromatic carbocycles. The minimum Gasteiger partial charge on any atom is -0.475 e. The lowest BCUT2D eigenvalue weighted by atomic mass is 9.89. The third-order valence-electron chi connectivity index (χ3n) is 6.39. The molecule has 2 unspecified atom stereocenters. The fourth-order valence-electron chi connectivity index (χ4n) is 4.54. The first-order valence-corrected chi connectivity index (χ1v) is 12.6. The van der Waals surface area contributed by atoms with Gasteiger partial charge in [0, 0.05) is 44.0 Å². The number of pyridine rings is 1. The number of nitrogens with one attached hydrogen (secondary N) is 1. The van der Waals surface area contributed by atoms with E-state index in [1.165, 1.54) is 0 Å². The van der Waals surface area contributed by atoms with E-state index in [4.69, 9.17) is 19.8 Å². The van der Waals surface area contributed by atoms with Crippen molar-refractivity contribution in [2.45, 2.75) is 38.8 Å². The standard InChI is InChI=1S/C22H24N6O.2C2HF3O2/c1-15-6-5-9-19(23-15)14-27-11-16-10-20-25-26-21(28(20)13-17(16)12-27)22(29)24-18-7-3-2-4-8-18;2*3-2(4,5)1(6)7/h2-9,16-17H,10-14H2,1H3,(H,24,29);2*(H,6,7). The summed E-state index contributed by atoms with van der Waals surface area (Å²) < 4.78 is 65.5. The Kier molecular flexibility index (Phi) is 10.4. The largest absolute Gasteiger partial charge is 0.490 e. The van der Waals surface area contributed by atoms with Gasteiger partial charge in [-0.25, -0.2) is 9.59 Å². The molecule has 2 aliphatic rings. The average Bonchev–Trinajstić information content (AvgIpc) is 3.50. The lowest BCUT2D eigenvalue weighted by molar-refractivity contribution is -0.193. The first-order chi connectivity index (χ1) is 20.0. The number of benzene rings is 1. The molecule has 1 amide bonds. The maximum atomic E-state index is 12.7. The monoisotopic (exact) mass is 616 g/mol. The average molecular weight is 617 g/mol. The van der Waals surface area contributed by atoms with Crippen molar-refractivity contribution in [1.82, 2.24) is 24.6 Å². The number of para-hydroxylation sites is 1. The van der Waals surface area contributed by atoms with Crippen LogP contribution >= 0.6 is 0 Å². The van der Waals surface area contributed by atoms with Crippen LogP contribution in [0.1, 0.15) is 27.8 Å². The molecule has 0 saturated carbocycles. The molecule has 43 heavy (non-hydrogen) atoms. The zero-order valence-electron chi connectivity index (χ0n) is 22.4. The summed E-state index contributed by atoms with van der Waals surface area (Å²) in [6.45, 7) is 5.75. The van der Waals surface area contributed by atoms with Gasteiger partial charge in [0.2, 0.25) is 5.82 Å². The number of likely N-dealkylation sites (tertiary alicyclic amines) is 1. The number of alkyl halides is 6. The summed E-state index contributed by atoms with van der Waals surface area (Å²) in [4.78, 5) is 37.6. The van der Waals surface area contributed by atoms with Crippen LogP contribution < -0.4 is 5.32 Å². The van der Waals surface area contributed by atoms with E-state index in [1.54, 1.807) is 0 Å². The summed E-state index contributed by atoms with van der Waals surface area (Å²) in [6, 6.07) is 15.7. The molecular formula is C26H26F6N6O5. The van der Waals surface area contributed by atoms with Gasteiger partial charge in [-0.15, -0.1) is 10.2 Å². The van der Waals surface area contributed by atoms with Gasteiger partial charge in [0.1, 0.15) is 5.82 Å². The number of carbonyl (C=O) groups is 3. The van der Waals surface area contributed by atoms with Gasteiger partial charge in [0.05, 0.1) is 5.69 Å². The van der Waals surface area contributed by atoms with Gasteiger partial charge < -0.3 is 20.1 Å². The Morgan fingerprint density at radius 3 is 2.00 bits per heavy atom. The molecule has 11 nitrogen and oxygen atoms in total. The molecule has 1 fully saturated rings. The van der Waals surface area contributed by atoms with Gasteiger partial charge in [-0.2, -0.15) is 26.3 Å². The molecule has 1 saturated heterocycles. The summed E-state index contributed by atoms with van der Waals surface area (Å²) in [5.74, 6) is -3.33. The molecule has 4 heterocycles. The maximum Gasteiger partial charge on any atom is 0.490 e. The lowest BCUT2D eigenvalue weighted by Crippen LogP contribution is -2.31. The van der Waals surface area contributed by atoms with Crippen LogP contribution in [-0.4, -0.2) is 78.1 Å². The Bertz CT molecular complexity index is 1410. The number of hydrogen-bond donors (Lipinski definition) is 3. The third kappa shape index (κ3) is 9.49. The van der Waals surface area contributed by atoms with Gasteiger partial charge in [-0.05, 0) is 43.0 Å². The number of halogens is 6. The third-order valence-corrected chi connectivity index (χ3v) is 6.39. The second-order valence-corrected chi connectivity index (χ2v) is 9.67. The molecule has 0 bridgehead atoms. The lowest BCUT2D eigenvalue weighted by Gasteiger charge is -2.25. The molecule has 232 valence electrons. The number of anilines is 1. The number of rotatable bonds is 4. The molecule has 17 heteroatoms. The van der Waals surface area contributed by atoms with E-state index in [1.807, 2.05) is 47.9 Å². The molecule has 5 rings (SSSR count). The van der Waals surface area contributed by atoms with E-state index in [0.717, 1.165) is 55.5 Å². The van der Waals surface area contributed by atoms with E-state index in [9.17, 15) is 31.1 Å². The zero-order chi connectivity index (χ0) is 31.9. The summed E-state index contributed by atoms with van der Waals surface area (Å²) in [7, 11) is 0. The number of amides is 1. The van der Waals surface area contributed by atoms with Crippen LogP contribution in [0.3, 0.4) is 0 Å². The minimum atomic E-state index is -5.08. The zero-order valence-corrected chi connectivity index (χ0v) is 22.4. The molecule has 2 aromatic heterocycles. The highest BCUT2D eigenvalue weighted by molar-refractivity contribution is 6.01. The minimum absolute atomic E-state index is 0.202. The Morgan fingerprint density at radius 1 is 0.860 bits per heavy atom. The Morgan fingerprint density at radius 2 is 1.44 bits per heavy atom. The second kappa shape index (κ2) is 13.6. The predicted molar refractivity (Wildman–Crippen MR) is 137 cm³/mol. The van der Waals surface area contributed by atoms with Gasteiger partial charge in [-0.1, -0.05) is 24.3 Å². The highest BCUT2D eigenvalue weighted by Gasteiger charge is 2.40. The van der Waals surface area contributed by atoms with Crippen LogP contribution in [0, 0.1) is 18.8 Å². The number of hydrogen-bond acceptors (Lipinski definition) is 7. The SMILES string of the molecule is Cc1cccc(CN2CC3Cc4nnc(C(=O)Nc5ccccc5)n4CC3C2)n1.O=C(O)C(F)(F)F.O=C(O)C(F)(F)F. The van der Waals surface area contributed by atoms with Crippen molar-refractivity contribution in [3.8, 4) is 0 Å². The fraction of sp³-hybridized carbons (Fsp3) is 0.385. The smallest absolute Gasteiger partial charge is 0.475 e. The van der Waals surface area contributed by atoms with Gasteiger partial charge in [-0.3, -0.25) is 14.7 Å². The number of fused-ring (bicyclic) bond motifs is 2. The molecular weight excluding hydrogens is 590 g/mol. The van der Waals surface area contributed by atoms with Crippen LogP contribution in [0.15, 0.2) is 48.5 Å². The summed E-state index contributed by atoms with van der Waals surface area (Å²) >= 11 is 0. The Balaban J connectivity index is 0.000000303. The molecule has 0 spiro atoms. The first kappa shape index (κ1) is 33.0. The first-order valence-electron chi connectivity index (χ1n) is 12.6. The summed E-state index contributed by atoms with van der Waals surface area (Å²) in [5.41, 5.74) is 2.94. The van der Waals surface area contributed by atoms with E-state index in [0.29, 0.717) is 17.7 Å². The van der Waals surface area contributed by atoms with E-state index >= 15 is 0 Å². The van der Waals surface area contributed by atoms with Gasteiger partial charge >= 0.3 is 24.3 Å². The van der Waals surface area contributed by atoms with E-state index in [2.05, 4.69) is 37.5 Å². The van der Waals surface area contributed by atoms with Crippen molar-refractivity contribution >= 4 is 23.5 Å². The van der Waals surface area contributed by atoms with E-state index < -0.39 is 24.3 Å². The number of carboxylic acids is 2. The fourth-order valence-corrected chi connectivity index (χ4v) is 4.54. The number of aryl methyl sites for hydroxylation is 1. The van der Waals surface area contributed by atoms with Crippen molar-refractivity contribution in [1.29, 1.82) is 0 Å². The highest BCUT2D eigenvalue weighted by Crippen LogP contribution is 2.33. The number of nitrogens with zero attached hydrogens (tertiary/aromatic N) is 5. The number of aromatic nitrogens is 4. The number of aliphatic carboxylic acids is 2. The number of carboxylic acid groups (broad SMARTS) is 2. The Labute approximate surface area is 240 Å². The summed E-state index contributed by atoms with van der Waals surface area (Å²) in [5, 5.41) is 25.7. The highest BCUT2D eigenvalue weighted by atomic mass is 19.4. The molecule has 2 atom stereocenters. The van der Waals surface area contributed by atoms with Crippen LogP contribution in [0.4, 0.5) is 32.0 Å². The van der Waals surface area contributed by atoms with Crippen LogP contribution in [0.25, 0.3) is 0 Å². The second-order valence-electron chi connectivity index (χ2n) is 9.67. The molecule has 0 radical (unpaired) electrons. The van der Waals surface area contributed by atoms with Crippen LogP contribution in [-0.2, 0) is 29.1 Å².